The van der Waals surface area contributed by atoms with Crippen molar-refractivity contribution in [3.8, 4) is 5.75 Å². The van der Waals surface area contributed by atoms with Crippen LogP contribution in [-0.2, 0) is 11.3 Å². The summed E-state index contributed by atoms with van der Waals surface area (Å²) in [5, 5.41) is 7.88. The molecule has 6 heteroatoms. The lowest BCUT2D eigenvalue weighted by Gasteiger charge is -2.06. The van der Waals surface area contributed by atoms with E-state index in [-0.39, 0.29) is 5.69 Å². The van der Waals surface area contributed by atoms with Crippen LogP contribution in [0.2, 0.25) is 0 Å². The number of ether oxygens (including phenoxy) is 2. The molecule has 0 radical (unpaired) electrons. The molecule has 1 aromatic heterocycles. The number of methoxy groups -OCH3 is 1. The van der Waals surface area contributed by atoms with Crippen molar-refractivity contribution in [2.24, 2.45) is 0 Å². The molecule has 0 saturated carbocycles. The maximum Gasteiger partial charge on any atom is 0.360 e. The van der Waals surface area contributed by atoms with Crippen molar-refractivity contribution in [3.05, 3.63) is 41.2 Å². The summed E-state index contributed by atoms with van der Waals surface area (Å²) in [4.78, 5) is 11.7. The highest BCUT2D eigenvalue weighted by molar-refractivity contribution is 5.88. The average Bonchev–Trinajstić information content (AvgIpc) is 2.81. The summed E-state index contributed by atoms with van der Waals surface area (Å²) in [6.07, 6.45) is 0. The van der Waals surface area contributed by atoms with Crippen LogP contribution < -0.4 is 4.74 Å². The van der Waals surface area contributed by atoms with E-state index in [4.69, 9.17) is 9.47 Å². The number of carbonyl (C=O) groups is 1. The fourth-order valence-electron chi connectivity index (χ4n) is 1.84. The first-order chi connectivity index (χ1) is 9.65. The zero-order valence-electron chi connectivity index (χ0n) is 11.8. The van der Waals surface area contributed by atoms with Crippen LogP contribution in [0.25, 0.3) is 0 Å². The van der Waals surface area contributed by atoms with Gasteiger partial charge in [-0.2, -0.15) is 0 Å². The molecule has 1 heterocycles. The number of hydrogen-bond acceptors (Lipinski definition) is 5. The zero-order valence-corrected chi connectivity index (χ0v) is 11.8. The molecule has 0 saturated heterocycles. The largest absolute Gasteiger partial charge is 0.497 e. The number of hydrogen-bond donors (Lipinski definition) is 0. The normalized spacial score (nSPS) is 10.3. The Morgan fingerprint density at radius 2 is 2.20 bits per heavy atom. The minimum Gasteiger partial charge on any atom is -0.497 e. The molecule has 2 rings (SSSR count). The maximum absolute atomic E-state index is 11.7. The first kappa shape index (κ1) is 14.0. The molecule has 0 bridgehead atoms. The van der Waals surface area contributed by atoms with Crippen LogP contribution in [0.5, 0.6) is 5.75 Å². The zero-order chi connectivity index (χ0) is 14.5. The molecule has 0 aliphatic heterocycles. The van der Waals surface area contributed by atoms with E-state index in [1.807, 2.05) is 24.3 Å². The molecule has 0 aliphatic carbocycles. The first-order valence-electron chi connectivity index (χ1n) is 6.35. The summed E-state index contributed by atoms with van der Waals surface area (Å²) in [5.74, 6) is 0.341. The van der Waals surface area contributed by atoms with Crippen molar-refractivity contribution < 1.29 is 14.3 Å². The minimum absolute atomic E-state index is 0.259. The van der Waals surface area contributed by atoms with Crippen LogP contribution in [0.4, 0.5) is 0 Å². The second-order valence-corrected chi connectivity index (χ2v) is 4.25. The molecule has 2 aromatic rings. The van der Waals surface area contributed by atoms with Crippen LogP contribution in [0, 0.1) is 6.92 Å². The van der Waals surface area contributed by atoms with Crippen molar-refractivity contribution in [1.82, 2.24) is 15.0 Å². The Bertz CT molecular complexity index is 607. The van der Waals surface area contributed by atoms with Gasteiger partial charge in [0.05, 0.1) is 26.0 Å². The van der Waals surface area contributed by atoms with Crippen LogP contribution in [0.1, 0.15) is 28.7 Å². The summed E-state index contributed by atoms with van der Waals surface area (Å²) in [6, 6.07) is 7.67. The van der Waals surface area contributed by atoms with Crippen molar-refractivity contribution in [2.45, 2.75) is 20.4 Å². The topological polar surface area (TPSA) is 66.2 Å². The van der Waals surface area contributed by atoms with E-state index in [2.05, 4.69) is 10.3 Å². The highest BCUT2D eigenvalue weighted by Gasteiger charge is 2.17. The van der Waals surface area contributed by atoms with Gasteiger partial charge in [-0.15, -0.1) is 5.10 Å². The van der Waals surface area contributed by atoms with Gasteiger partial charge in [0, 0.05) is 0 Å². The number of rotatable bonds is 5. The van der Waals surface area contributed by atoms with Crippen LogP contribution in [0.15, 0.2) is 24.3 Å². The predicted octanol–water partition coefficient (Wildman–Crippen LogP) is 1.82. The molecule has 6 nitrogen and oxygen atoms in total. The Morgan fingerprint density at radius 3 is 2.90 bits per heavy atom. The molecular weight excluding hydrogens is 258 g/mol. The second kappa shape index (κ2) is 6.18. The van der Waals surface area contributed by atoms with E-state index < -0.39 is 5.97 Å². The smallest absolute Gasteiger partial charge is 0.360 e. The number of esters is 1. The van der Waals surface area contributed by atoms with Gasteiger partial charge in [0.15, 0.2) is 5.69 Å². The van der Waals surface area contributed by atoms with Crippen LogP contribution >= 0.6 is 0 Å². The van der Waals surface area contributed by atoms with E-state index in [1.165, 1.54) is 0 Å². The lowest BCUT2D eigenvalue weighted by molar-refractivity contribution is 0.0518. The van der Waals surface area contributed by atoms with Gasteiger partial charge in [-0.3, -0.25) is 0 Å². The van der Waals surface area contributed by atoms with Gasteiger partial charge in [0.1, 0.15) is 5.75 Å². The molecule has 0 aliphatic rings. The summed E-state index contributed by atoms with van der Waals surface area (Å²) in [5.41, 5.74) is 1.97. The maximum atomic E-state index is 11.7. The predicted molar refractivity (Wildman–Crippen MR) is 72.8 cm³/mol. The monoisotopic (exact) mass is 275 g/mol. The van der Waals surface area contributed by atoms with Gasteiger partial charge < -0.3 is 9.47 Å². The van der Waals surface area contributed by atoms with Crippen molar-refractivity contribution in [2.75, 3.05) is 13.7 Å². The van der Waals surface area contributed by atoms with Crippen LogP contribution in [-0.4, -0.2) is 34.7 Å². The Labute approximate surface area is 117 Å². The number of aromatic nitrogens is 3. The second-order valence-electron chi connectivity index (χ2n) is 4.25. The standard InChI is InChI=1S/C14H17N3O3/c1-4-20-14(18)13-10(2)17(16-15-13)9-11-6-5-7-12(8-11)19-3/h5-8H,4,9H2,1-3H3. The molecule has 0 amide bonds. The quantitative estimate of drug-likeness (QED) is 0.779. The lowest BCUT2D eigenvalue weighted by atomic mass is 10.2. The molecule has 0 unspecified atom stereocenters. The third-order valence-corrected chi connectivity index (χ3v) is 2.92. The first-order valence-corrected chi connectivity index (χ1v) is 6.35. The Morgan fingerprint density at radius 1 is 1.40 bits per heavy atom. The fourth-order valence-corrected chi connectivity index (χ4v) is 1.84. The number of carbonyl (C=O) groups excluding carboxylic acids is 1. The molecule has 0 spiro atoms. The lowest BCUT2D eigenvalue weighted by Crippen LogP contribution is -2.09. The molecule has 0 atom stereocenters. The van der Waals surface area contributed by atoms with E-state index >= 15 is 0 Å². The van der Waals surface area contributed by atoms with Crippen LogP contribution in [0.3, 0.4) is 0 Å². The Hall–Kier alpha value is -2.37. The summed E-state index contributed by atoms with van der Waals surface area (Å²) < 4.78 is 11.8. The van der Waals surface area contributed by atoms with E-state index in [0.29, 0.717) is 18.8 Å². The van der Waals surface area contributed by atoms with E-state index in [0.717, 1.165) is 11.3 Å². The van der Waals surface area contributed by atoms with Crippen molar-refractivity contribution in [3.63, 3.8) is 0 Å². The molecule has 20 heavy (non-hydrogen) atoms. The summed E-state index contributed by atoms with van der Waals surface area (Å²) in [7, 11) is 1.62. The average molecular weight is 275 g/mol. The highest BCUT2D eigenvalue weighted by Crippen LogP contribution is 2.15. The summed E-state index contributed by atoms with van der Waals surface area (Å²) >= 11 is 0. The number of nitrogens with zero attached hydrogens (tertiary/aromatic N) is 3. The van der Waals surface area contributed by atoms with Gasteiger partial charge in [0.2, 0.25) is 0 Å². The molecular formula is C14H17N3O3. The van der Waals surface area contributed by atoms with E-state index in [9.17, 15) is 4.79 Å². The molecule has 106 valence electrons. The fraction of sp³-hybridized carbons (Fsp3) is 0.357. The van der Waals surface area contributed by atoms with Gasteiger partial charge in [-0.25, -0.2) is 9.48 Å². The third kappa shape index (κ3) is 2.96. The van der Waals surface area contributed by atoms with Crippen molar-refractivity contribution in [1.29, 1.82) is 0 Å². The summed E-state index contributed by atoms with van der Waals surface area (Å²) in [6.45, 7) is 4.40. The Balaban J connectivity index is 2.19. The Kier molecular flexibility index (Phi) is 4.34. The van der Waals surface area contributed by atoms with Gasteiger partial charge >= 0.3 is 5.97 Å². The van der Waals surface area contributed by atoms with Gasteiger partial charge in [0.25, 0.3) is 0 Å². The van der Waals surface area contributed by atoms with E-state index in [1.54, 1.807) is 25.6 Å². The molecule has 1 aromatic carbocycles. The van der Waals surface area contributed by atoms with Gasteiger partial charge in [-0.05, 0) is 31.5 Å². The third-order valence-electron chi connectivity index (χ3n) is 2.92. The number of benzene rings is 1. The highest BCUT2D eigenvalue weighted by atomic mass is 16.5. The van der Waals surface area contributed by atoms with Crippen molar-refractivity contribution >= 4 is 5.97 Å². The minimum atomic E-state index is -0.443. The SMILES string of the molecule is CCOC(=O)c1nnn(Cc2cccc(OC)c2)c1C. The molecule has 0 N–H and O–H groups in total. The van der Waals surface area contributed by atoms with Gasteiger partial charge in [-0.1, -0.05) is 17.3 Å². The molecule has 0 fully saturated rings.